The molecule has 2 aromatic carbocycles. The molecule has 160 valence electrons. The summed E-state index contributed by atoms with van der Waals surface area (Å²) < 4.78 is 0.978. The third-order valence-electron chi connectivity index (χ3n) is 5.69. The molecule has 0 saturated carbocycles. The summed E-state index contributed by atoms with van der Waals surface area (Å²) in [4.78, 5) is 29.3. The molecule has 0 unspecified atom stereocenters. The maximum atomic E-state index is 12.6. The van der Waals surface area contributed by atoms with Crippen molar-refractivity contribution in [2.24, 2.45) is 0 Å². The van der Waals surface area contributed by atoms with Gasteiger partial charge in [0.2, 0.25) is 11.8 Å². The number of hydrogen-bond donors (Lipinski definition) is 2. The van der Waals surface area contributed by atoms with Gasteiger partial charge in [-0.2, -0.15) is 0 Å². The number of carbonyl (C=O) groups excluding carboxylic acids is 2. The zero-order valence-electron chi connectivity index (χ0n) is 17.7. The molecule has 6 nitrogen and oxygen atoms in total. The minimum atomic E-state index is -0.223. The topological polar surface area (TPSA) is 64.7 Å². The van der Waals surface area contributed by atoms with Crippen LogP contribution in [0.25, 0.3) is 0 Å². The number of anilines is 2. The van der Waals surface area contributed by atoms with Gasteiger partial charge in [0.1, 0.15) is 0 Å². The highest BCUT2D eigenvalue weighted by Gasteiger charge is 2.26. The zero-order valence-corrected chi connectivity index (χ0v) is 19.3. The van der Waals surface area contributed by atoms with Crippen molar-refractivity contribution < 1.29 is 9.59 Å². The van der Waals surface area contributed by atoms with Crippen molar-refractivity contribution in [3.8, 4) is 0 Å². The van der Waals surface area contributed by atoms with E-state index in [9.17, 15) is 9.59 Å². The minimum absolute atomic E-state index is 0.00169. The first kappa shape index (κ1) is 22.5. The molecule has 1 aliphatic heterocycles. The second-order valence-corrected chi connectivity index (χ2v) is 8.70. The summed E-state index contributed by atoms with van der Waals surface area (Å²) in [7, 11) is 0. The van der Waals surface area contributed by atoms with Gasteiger partial charge in [0.05, 0.1) is 12.6 Å². The average Bonchev–Trinajstić information content (AvgIpc) is 2.73. The minimum Gasteiger partial charge on any atom is -0.325 e. The summed E-state index contributed by atoms with van der Waals surface area (Å²) in [6.45, 7) is 9.38. The van der Waals surface area contributed by atoms with Gasteiger partial charge in [0.15, 0.2) is 0 Å². The van der Waals surface area contributed by atoms with Crippen LogP contribution in [0.15, 0.2) is 46.9 Å². The van der Waals surface area contributed by atoms with Gasteiger partial charge in [0.25, 0.3) is 0 Å². The molecule has 1 atom stereocenters. The zero-order chi connectivity index (χ0) is 21.7. The van der Waals surface area contributed by atoms with Crippen LogP contribution in [0.3, 0.4) is 0 Å². The number of nitrogens with one attached hydrogen (secondary N) is 2. The first-order valence-electron chi connectivity index (χ1n) is 10.2. The Kier molecular flexibility index (Phi) is 7.64. The monoisotopic (exact) mass is 472 g/mol. The van der Waals surface area contributed by atoms with Gasteiger partial charge in [-0.15, -0.1) is 0 Å². The Bertz CT molecular complexity index is 893. The second-order valence-electron chi connectivity index (χ2n) is 7.78. The first-order chi connectivity index (χ1) is 14.3. The van der Waals surface area contributed by atoms with Crippen molar-refractivity contribution in [1.82, 2.24) is 9.80 Å². The number of halogens is 1. The Balaban J connectivity index is 1.45. The van der Waals surface area contributed by atoms with Crippen LogP contribution in [0.1, 0.15) is 18.1 Å². The molecular formula is C23H29BrN4O2. The van der Waals surface area contributed by atoms with Crippen molar-refractivity contribution >= 4 is 39.1 Å². The van der Waals surface area contributed by atoms with Gasteiger partial charge in [0, 0.05) is 42.0 Å². The van der Waals surface area contributed by atoms with Crippen LogP contribution in [-0.2, 0) is 9.59 Å². The summed E-state index contributed by atoms with van der Waals surface area (Å²) >= 11 is 3.40. The lowest BCUT2D eigenvalue weighted by Crippen LogP contribution is -2.53. The molecule has 1 fully saturated rings. The number of rotatable bonds is 6. The number of amides is 2. The third kappa shape index (κ3) is 5.90. The van der Waals surface area contributed by atoms with Gasteiger partial charge in [-0.1, -0.05) is 28.1 Å². The normalized spacial score (nSPS) is 16.1. The SMILES string of the molecule is Cc1cccc(NC(=O)CN2CCN([C@@H](C)C(=O)Nc3ccc(Br)cc3)CC2)c1C. The predicted molar refractivity (Wildman–Crippen MR) is 125 cm³/mol. The predicted octanol–water partition coefficient (Wildman–Crippen LogP) is 3.65. The van der Waals surface area contributed by atoms with E-state index in [4.69, 9.17) is 0 Å². The fourth-order valence-electron chi connectivity index (χ4n) is 3.53. The lowest BCUT2D eigenvalue weighted by Gasteiger charge is -2.37. The summed E-state index contributed by atoms with van der Waals surface area (Å²) in [5.74, 6) is -0.0170. The molecule has 0 spiro atoms. The molecule has 30 heavy (non-hydrogen) atoms. The number of aryl methyl sites for hydroxylation is 1. The Morgan fingerprint density at radius 3 is 2.33 bits per heavy atom. The average molecular weight is 473 g/mol. The Hall–Kier alpha value is -2.22. The number of piperazine rings is 1. The Morgan fingerprint density at radius 2 is 1.67 bits per heavy atom. The summed E-state index contributed by atoms with van der Waals surface area (Å²) in [5, 5.41) is 5.99. The molecule has 7 heteroatoms. The molecule has 2 N–H and O–H groups in total. The number of benzene rings is 2. The largest absolute Gasteiger partial charge is 0.325 e. The van der Waals surface area contributed by atoms with Crippen molar-refractivity contribution in [3.63, 3.8) is 0 Å². The third-order valence-corrected chi connectivity index (χ3v) is 6.22. The molecule has 3 rings (SSSR count). The van der Waals surface area contributed by atoms with Crippen LogP contribution in [0.4, 0.5) is 11.4 Å². The highest BCUT2D eigenvalue weighted by atomic mass is 79.9. The van der Waals surface area contributed by atoms with E-state index in [2.05, 4.69) is 36.4 Å². The van der Waals surface area contributed by atoms with E-state index in [0.29, 0.717) is 6.54 Å². The molecule has 0 radical (unpaired) electrons. The fraction of sp³-hybridized carbons (Fsp3) is 0.391. The van der Waals surface area contributed by atoms with E-state index in [1.54, 1.807) is 0 Å². The van der Waals surface area contributed by atoms with Gasteiger partial charge >= 0.3 is 0 Å². The summed E-state index contributed by atoms with van der Waals surface area (Å²) in [6.07, 6.45) is 0. The van der Waals surface area contributed by atoms with Crippen molar-refractivity contribution in [2.45, 2.75) is 26.8 Å². The van der Waals surface area contributed by atoms with Crippen LogP contribution in [-0.4, -0.2) is 60.4 Å². The number of hydrogen-bond acceptors (Lipinski definition) is 4. The van der Waals surface area contributed by atoms with Crippen molar-refractivity contribution in [2.75, 3.05) is 43.4 Å². The van der Waals surface area contributed by atoms with Gasteiger partial charge in [-0.3, -0.25) is 19.4 Å². The van der Waals surface area contributed by atoms with E-state index < -0.39 is 0 Å². The van der Waals surface area contributed by atoms with Crippen molar-refractivity contribution in [3.05, 3.63) is 58.1 Å². The highest BCUT2D eigenvalue weighted by Crippen LogP contribution is 2.18. The summed E-state index contributed by atoms with van der Waals surface area (Å²) in [5.41, 5.74) is 3.92. The molecule has 0 aromatic heterocycles. The van der Waals surface area contributed by atoms with E-state index in [-0.39, 0.29) is 17.9 Å². The quantitative estimate of drug-likeness (QED) is 0.673. The number of carbonyl (C=O) groups is 2. The molecule has 0 aliphatic carbocycles. The number of nitrogens with zero attached hydrogens (tertiary/aromatic N) is 2. The van der Waals surface area contributed by atoms with Gasteiger partial charge in [-0.25, -0.2) is 0 Å². The smallest absolute Gasteiger partial charge is 0.241 e. The summed E-state index contributed by atoms with van der Waals surface area (Å²) in [6, 6.07) is 13.3. The molecule has 2 amide bonds. The molecule has 0 bridgehead atoms. The Morgan fingerprint density at radius 1 is 1.00 bits per heavy atom. The van der Waals surface area contributed by atoms with Gasteiger partial charge in [-0.05, 0) is 62.2 Å². The molecular weight excluding hydrogens is 444 g/mol. The maximum Gasteiger partial charge on any atom is 0.241 e. The Labute approximate surface area is 186 Å². The lowest BCUT2D eigenvalue weighted by molar-refractivity contribution is -0.122. The molecule has 2 aromatic rings. The van der Waals surface area contributed by atoms with E-state index in [1.165, 1.54) is 0 Å². The van der Waals surface area contributed by atoms with E-state index in [0.717, 1.165) is 53.2 Å². The lowest BCUT2D eigenvalue weighted by atomic mass is 10.1. The first-order valence-corrected chi connectivity index (χ1v) is 11.0. The molecule has 1 saturated heterocycles. The maximum absolute atomic E-state index is 12.6. The van der Waals surface area contributed by atoms with Crippen molar-refractivity contribution in [1.29, 1.82) is 0 Å². The highest BCUT2D eigenvalue weighted by molar-refractivity contribution is 9.10. The van der Waals surface area contributed by atoms with Crippen LogP contribution < -0.4 is 10.6 Å². The van der Waals surface area contributed by atoms with Crippen LogP contribution in [0.2, 0.25) is 0 Å². The fourth-order valence-corrected chi connectivity index (χ4v) is 3.80. The van der Waals surface area contributed by atoms with E-state index >= 15 is 0 Å². The van der Waals surface area contributed by atoms with Gasteiger partial charge < -0.3 is 10.6 Å². The van der Waals surface area contributed by atoms with E-state index in [1.807, 2.05) is 63.2 Å². The molecule has 1 aliphatic rings. The van der Waals surface area contributed by atoms with Crippen LogP contribution in [0, 0.1) is 13.8 Å². The van der Waals surface area contributed by atoms with Crippen LogP contribution in [0.5, 0.6) is 0 Å². The van der Waals surface area contributed by atoms with Crippen LogP contribution >= 0.6 is 15.9 Å². The second kappa shape index (κ2) is 10.2. The standard InChI is InChI=1S/C23H29BrN4O2/c1-16-5-4-6-21(17(16)2)26-22(29)15-27-11-13-28(14-12-27)18(3)23(30)25-20-9-7-19(24)8-10-20/h4-10,18H,11-15H2,1-3H3,(H,25,30)(H,26,29)/t18-/m0/s1. The molecule has 1 heterocycles.